The van der Waals surface area contributed by atoms with Crippen molar-refractivity contribution in [2.24, 2.45) is 5.92 Å². The van der Waals surface area contributed by atoms with Crippen molar-refractivity contribution in [2.75, 3.05) is 13.1 Å². The minimum Gasteiger partial charge on any atom is -0.489 e. The SMILES string of the molecule is CC(C)[C@H](NC(=O)c1nc2ccccc2[nH]c1=O)C(=O)N1CCC(Oc2ccc(F)cc2C#N)CC1. The summed E-state index contributed by atoms with van der Waals surface area (Å²) in [5.74, 6) is -1.40. The highest BCUT2D eigenvalue weighted by Gasteiger charge is 2.33. The van der Waals surface area contributed by atoms with Gasteiger partial charge in [0.1, 0.15) is 29.8 Å². The van der Waals surface area contributed by atoms with Crippen molar-refractivity contribution in [3.05, 3.63) is 69.9 Å². The summed E-state index contributed by atoms with van der Waals surface area (Å²) in [6.07, 6.45) is 0.788. The molecule has 0 spiro atoms. The molecule has 0 unspecified atom stereocenters. The van der Waals surface area contributed by atoms with Crippen molar-refractivity contribution in [1.82, 2.24) is 20.2 Å². The first kappa shape index (κ1) is 24.9. The number of nitrogens with one attached hydrogen (secondary N) is 2. The fourth-order valence-corrected chi connectivity index (χ4v) is 4.17. The maximum atomic E-state index is 13.4. The monoisotopic (exact) mass is 491 g/mol. The average molecular weight is 492 g/mol. The molecule has 0 radical (unpaired) electrons. The van der Waals surface area contributed by atoms with Crippen LogP contribution in [0.25, 0.3) is 11.0 Å². The Labute approximate surface area is 206 Å². The largest absolute Gasteiger partial charge is 0.489 e. The third-order valence-electron chi connectivity index (χ3n) is 6.14. The zero-order valence-electron chi connectivity index (χ0n) is 20.0. The van der Waals surface area contributed by atoms with E-state index in [1.54, 1.807) is 29.2 Å². The Hall–Kier alpha value is -4.26. The van der Waals surface area contributed by atoms with Crippen molar-refractivity contribution < 1.29 is 18.7 Å². The van der Waals surface area contributed by atoms with Gasteiger partial charge >= 0.3 is 0 Å². The van der Waals surface area contributed by atoms with Crippen LogP contribution in [0, 0.1) is 23.1 Å². The second-order valence-corrected chi connectivity index (χ2v) is 9.02. The maximum Gasteiger partial charge on any atom is 0.280 e. The molecule has 1 aromatic heterocycles. The van der Waals surface area contributed by atoms with E-state index in [2.05, 4.69) is 15.3 Å². The Morgan fingerprint density at radius 1 is 1.22 bits per heavy atom. The summed E-state index contributed by atoms with van der Waals surface area (Å²) < 4.78 is 19.3. The number of benzene rings is 2. The van der Waals surface area contributed by atoms with Crippen LogP contribution in [0.3, 0.4) is 0 Å². The van der Waals surface area contributed by atoms with Crippen LogP contribution in [0.15, 0.2) is 47.3 Å². The molecule has 9 nitrogen and oxygen atoms in total. The highest BCUT2D eigenvalue weighted by Crippen LogP contribution is 2.24. The number of nitrogens with zero attached hydrogens (tertiary/aromatic N) is 3. The minimum atomic E-state index is -0.843. The number of nitriles is 1. The number of carbonyl (C=O) groups is 2. The zero-order chi connectivity index (χ0) is 25.8. The summed E-state index contributed by atoms with van der Waals surface area (Å²) in [4.78, 5) is 47.1. The number of likely N-dealkylation sites (tertiary alicyclic amines) is 1. The molecule has 1 fully saturated rings. The van der Waals surface area contributed by atoms with Crippen LogP contribution < -0.4 is 15.6 Å². The van der Waals surface area contributed by atoms with Crippen molar-refractivity contribution in [1.29, 1.82) is 5.26 Å². The normalized spacial score (nSPS) is 14.9. The molecule has 2 aromatic carbocycles. The van der Waals surface area contributed by atoms with Crippen LogP contribution in [-0.4, -0.2) is 51.9 Å². The molecule has 36 heavy (non-hydrogen) atoms. The van der Waals surface area contributed by atoms with Gasteiger partial charge in [-0.15, -0.1) is 0 Å². The van der Waals surface area contributed by atoms with Crippen LogP contribution in [0.2, 0.25) is 0 Å². The van der Waals surface area contributed by atoms with Gasteiger partial charge in [-0.3, -0.25) is 14.4 Å². The first-order valence-electron chi connectivity index (χ1n) is 11.7. The second-order valence-electron chi connectivity index (χ2n) is 9.02. The Bertz CT molecular complexity index is 1390. The molecular weight excluding hydrogens is 465 g/mol. The quantitative estimate of drug-likeness (QED) is 0.546. The maximum absolute atomic E-state index is 13.4. The predicted octanol–water partition coefficient (Wildman–Crippen LogP) is 2.76. The predicted molar refractivity (Wildman–Crippen MR) is 130 cm³/mol. The van der Waals surface area contributed by atoms with Gasteiger partial charge in [-0.25, -0.2) is 9.37 Å². The van der Waals surface area contributed by atoms with Gasteiger partial charge < -0.3 is 19.9 Å². The molecule has 10 heteroatoms. The third-order valence-corrected chi connectivity index (χ3v) is 6.14. The van der Waals surface area contributed by atoms with E-state index < -0.39 is 23.3 Å². The topological polar surface area (TPSA) is 128 Å². The van der Waals surface area contributed by atoms with Crippen molar-refractivity contribution >= 4 is 22.8 Å². The smallest absolute Gasteiger partial charge is 0.280 e. The first-order valence-corrected chi connectivity index (χ1v) is 11.7. The van der Waals surface area contributed by atoms with E-state index in [4.69, 9.17) is 4.74 Å². The fourth-order valence-electron chi connectivity index (χ4n) is 4.17. The molecule has 1 aliphatic rings. The summed E-state index contributed by atoms with van der Waals surface area (Å²) >= 11 is 0. The minimum absolute atomic E-state index is 0.119. The summed E-state index contributed by atoms with van der Waals surface area (Å²) in [5, 5.41) is 11.9. The van der Waals surface area contributed by atoms with Crippen LogP contribution in [0.5, 0.6) is 5.75 Å². The first-order chi connectivity index (χ1) is 17.3. The third kappa shape index (κ3) is 5.35. The lowest BCUT2D eigenvalue weighted by Gasteiger charge is -2.35. The van der Waals surface area contributed by atoms with Crippen molar-refractivity contribution in [2.45, 2.75) is 38.8 Å². The van der Waals surface area contributed by atoms with E-state index in [1.165, 1.54) is 12.1 Å². The molecule has 0 saturated carbocycles. The summed E-state index contributed by atoms with van der Waals surface area (Å²) in [6, 6.07) is 11.8. The van der Waals surface area contributed by atoms with Crippen LogP contribution in [0.4, 0.5) is 4.39 Å². The number of hydrogen-bond acceptors (Lipinski definition) is 6. The van der Waals surface area contributed by atoms with Crippen molar-refractivity contribution in [3.8, 4) is 11.8 Å². The molecule has 0 aliphatic carbocycles. The molecule has 186 valence electrons. The highest BCUT2D eigenvalue weighted by molar-refractivity contribution is 5.97. The number of H-pyrrole nitrogens is 1. The molecular formula is C26H26FN5O4. The van der Waals surface area contributed by atoms with E-state index in [9.17, 15) is 24.0 Å². The number of para-hydroxylation sites is 2. The number of amides is 2. The number of piperidine rings is 1. The molecule has 1 saturated heterocycles. The van der Waals surface area contributed by atoms with Gasteiger partial charge in [-0.05, 0) is 36.2 Å². The summed E-state index contributed by atoms with van der Waals surface area (Å²) in [5.41, 5.74) is 0.178. The fraction of sp³-hybridized carbons (Fsp3) is 0.346. The zero-order valence-corrected chi connectivity index (χ0v) is 20.0. The van der Waals surface area contributed by atoms with Crippen LogP contribution in [0.1, 0.15) is 42.7 Å². The number of rotatable bonds is 6. The Morgan fingerprint density at radius 3 is 2.64 bits per heavy atom. The van der Waals surface area contributed by atoms with Crippen LogP contribution in [-0.2, 0) is 4.79 Å². The molecule has 2 heterocycles. The molecule has 4 rings (SSSR count). The molecule has 0 bridgehead atoms. The average Bonchev–Trinajstić information content (AvgIpc) is 2.87. The highest BCUT2D eigenvalue weighted by atomic mass is 19.1. The molecule has 3 aromatic rings. The van der Waals surface area contributed by atoms with E-state index in [0.29, 0.717) is 42.7 Å². The number of aromatic nitrogens is 2. The van der Waals surface area contributed by atoms with Gasteiger partial charge in [0, 0.05) is 25.9 Å². The molecule has 1 aliphatic heterocycles. The van der Waals surface area contributed by atoms with E-state index >= 15 is 0 Å². The number of ether oxygens (including phenoxy) is 1. The van der Waals surface area contributed by atoms with Gasteiger partial charge in [-0.2, -0.15) is 5.26 Å². The van der Waals surface area contributed by atoms with Gasteiger partial charge in [0.2, 0.25) is 5.91 Å². The van der Waals surface area contributed by atoms with Crippen LogP contribution >= 0.6 is 0 Å². The van der Waals surface area contributed by atoms with Gasteiger partial charge in [-0.1, -0.05) is 26.0 Å². The number of hydrogen-bond donors (Lipinski definition) is 2. The van der Waals surface area contributed by atoms with Gasteiger partial charge in [0.25, 0.3) is 11.5 Å². The Kier molecular flexibility index (Phi) is 7.29. The number of carbonyl (C=O) groups excluding carboxylic acids is 2. The summed E-state index contributed by atoms with van der Waals surface area (Å²) in [7, 11) is 0. The lowest BCUT2D eigenvalue weighted by Crippen LogP contribution is -2.54. The van der Waals surface area contributed by atoms with E-state index in [1.807, 2.05) is 19.9 Å². The summed E-state index contributed by atoms with van der Waals surface area (Å²) in [6.45, 7) is 4.41. The number of fused-ring (bicyclic) bond motifs is 1. The standard InChI is InChI=1S/C26H26FN5O4/c1-15(2)22(31-25(34)23-24(33)30-20-6-4-3-5-19(20)29-23)26(35)32-11-9-18(10-12-32)36-21-8-7-17(27)13-16(21)14-28/h3-8,13,15,18,22H,9-12H2,1-2H3,(H,30,33)(H,31,34)/t22-/m0/s1. The van der Waals surface area contributed by atoms with Gasteiger partial charge in [0.15, 0.2) is 5.69 Å². The molecule has 2 N–H and O–H groups in total. The van der Waals surface area contributed by atoms with Crippen molar-refractivity contribution in [3.63, 3.8) is 0 Å². The van der Waals surface area contributed by atoms with E-state index in [-0.39, 0.29) is 29.2 Å². The Morgan fingerprint density at radius 2 is 1.94 bits per heavy atom. The lowest BCUT2D eigenvalue weighted by atomic mass is 10.00. The Balaban J connectivity index is 1.41. The molecule has 2 amide bonds. The molecule has 1 atom stereocenters. The second kappa shape index (κ2) is 10.6. The van der Waals surface area contributed by atoms with E-state index in [0.717, 1.165) is 6.07 Å². The van der Waals surface area contributed by atoms with Gasteiger partial charge in [0.05, 0.1) is 16.6 Å². The lowest BCUT2D eigenvalue weighted by molar-refractivity contribution is -0.136. The number of halogens is 1. The number of aromatic amines is 1.